The summed E-state index contributed by atoms with van der Waals surface area (Å²) in [6, 6.07) is 15.9. The lowest BCUT2D eigenvalue weighted by Gasteiger charge is -2.32. The van der Waals surface area contributed by atoms with E-state index in [1.807, 2.05) is 18.2 Å². The molecule has 3 rings (SSSR count). The summed E-state index contributed by atoms with van der Waals surface area (Å²) in [5, 5.41) is 0. The third kappa shape index (κ3) is 5.63. The normalized spacial score (nSPS) is 18.0. The summed E-state index contributed by atoms with van der Waals surface area (Å²) in [4.78, 5) is 14.7. The van der Waals surface area contributed by atoms with Crippen LogP contribution >= 0.6 is 0 Å². The Bertz CT molecular complexity index is 914. The number of ether oxygens (including phenoxy) is 2. The largest absolute Gasteiger partial charge is 0.459 e. The molecule has 0 N–H and O–H groups in total. The highest BCUT2D eigenvalue weighted by Crippen LogP contribution is 2.15. The van der Waals surface area contributed by atoms with E-state index in [4.69, 9.17) is 9.47 Å². The maximum atomic E-state index is 12.3. The summed E-state index contributed by atoms with van der Waals surface area (Å²) in [7, 11) is -0.603. The molecule has 0 aromatic heterocycles. The van der Waals surface area contributed by atoms with Gasteiger partial charge in [0.1, 0.15) is 12.7 Å². The van der Waals surface area contributed by atoms with E-state index >= 15 is 0 Å². The number of carbonyl (C=O) groups excluding carboxylic acids is 1. The van der Waals surface area contributed by atoms with Crippen LogP contribution in [0.5, 0.6) is 0 Å². The van der Waals surface area contributed by atoms with E-state index in [2.05, 4.69) is 17.0 Å². The Kier molecular flexibility index (Phi) is 7.02. The van der Waals surface area contributed by atoms with Gasteiger partial charge in [0.2, 0.25) is 10.0 Å². The Morgan fingerprint density at radius 1 is 1.14 bits per heavy atom. The number of esters is 1. The number of hydrogen-bond donors (Lipinski definition) is 0. The van der Waals surface area contributed by atoms with Crippen molar-refractivity contribution in [1.29, 1.82) is 0 Å². The van der Waals surface area contributed by atoms with E-state index in [-0.39, 0.29) is 17.6 Å². The summed E-state index contributed by atoms with van der Waals surface area (Å²) in [5.74, 6) is -0.498. The van der Waals surface area contributed by atoms with Gasteiger partial charge in [0.15, 0.2) is 0 Å². The smallest absolute Gasteiger partial charge is 0.338 e. The molecule has 2 aromatic carbocycles. The molecule has 8 heteroatoms. The summed E-state index contributed by atoms with van der Waals surface area (Å²) >= 11 is 0. The fraction of sp³-hybridized carbons (Fsp3) is 0.381. The lowest BCUT2D eigenvalue weighted by Crippen LogP contribution is -2.44. The molecular weight excluding hydrogens is 392 g/mol. The summed E-state index contributed by atoms with van der Waals surface area (Å²) in [6.45, 7) is 3.09. The molecule has 1 heterocycles. The molecule has 29 heavy (non-hydrogen) atoms. The van der Waals surface area contributed by atoms with Crippen LogP contribution in [0.3, 0.4) is 0 Å². The monoisotopic (exact) mass is 418 g/mol. The topological polar surface area (TPSA) is 76.2 Å². The van der Waals surface area contributed by atoms with Gasteiger partial charge in [0.05, 0.1) is 17.1 Å². The Labute approximate surface area is 171 Å². The number of sulfonamides is 1. The highest BCUT2D eigenvalue weighted by Gasteiger charge is 2.23. The van der Waals surface area contributed by atoms with Crippen molar-refractivity contribution in [1.82, 2.24) is 9.21 Å². The molecule has 1 saturated heterocycles. The molecule has 1 aliphatic heterocycles. The minimum Gasteiger partial charge on any atom is -0.459 e. The molecular formula is C21H26N2O5S. The van der Waals surface area contributed by atoms with Crippen LogP contribution in [0, 0.1) is 0 Å². The number of rotatable bonds is 7. The van der Waals surface area contributed by atoms with Gasteiger partial charge in [-0.1, -0.05) is 30.3 Å². The van der Waals surface area contributed by atoms with E-state index in [1.54, 1.807) is 0 Å². The molecule has 2 aromatic rings. The number of hydrogen-bond acceptors (Lipinski definition) is 6. The van der Waals surface area contributed by atoms with Crippen LogP contribution < -0.4 is 0 Å². The van der Waals surface area contributed by atoms with Crippen molar-refractivity contribution in [3.8, 4) is 0 Å². The van der Waals surface area contributed by atoms with Gasteiger partial charge in [-0.3, -0.25) is 4.90 Å². The number of nitrogens with zero attached hydrogens (tertiary/aromatic N) is 2. The summed E-state index contributed by atoms with van der Waals surface area (Å²) < 4.78 is 36.4. The van der Waals surface area contributed by atoms with Gasteiger partial charge in [-0.2, -0.15) is 0 Å². The van der Waals surface area contributed by atoms with E-state index < -0.39 is 16.0 Å². The second-order valence-electron chi connectivity index (χ2n) is 7.12. The highest BCUT2D eigenvalue weighted by molar-refractivity contribution is 7.89. The van der Waals surface area contributed by atoms with Crippen molar-refractivity contribution in [2.75, 3.05) is 40.4 Å². The molecule has 1 aliphatic rings. The van der Waals surface area contributed by atoms with E-state index in [0.717, 1.165) is 17.4 Å². The SMILES string of the molecule is CN(C)S(=O)(=O)c1ccc(C(=O)OCC2CN(Cc3ccccc3)CCO2)cc1. The predicted octanol–water partition coefficient (Wildman–Crippen LogP) is 1.99. The second kappa shape index (κ2) is 9.49. The lowest BCUT2D eigenvalue weighted by molar-refractivity contribution is -0.0612. The van der Waals surface area contributed by atoms with Gasteiger partial charge in [0.25, 0.3) is 0 Å². The van der Waals surface area contributed by atoms with Crippen LogP contribution in [-0.4, -0.2) is 70.1 Å². The summed E-state index contributed by atoms with van der Waals surface area (Å²) in [5.41, 5.74) is 1.54. The minimum atomic E-state index is -3.53. The van der Waals surface area contributed by atoms with Crippen molar-refractivity contribution in [2.24, 2.45) is 0 Å². The average molecular weight is 419 g/mol. The van der Waals surface area contributed by atoms with Crippen LogP contribution in [0.1, 0.15) is 15.9 Å². The number of carbonyl (C=O) groups is 1. The van der Waals surface area contributed by atoms with Gasteiger partial charge in [-0.15, -0.1) is 0 Å². The molecule has 0 amide bonds. The van der Waals surface area contributed by atoms with Gasteiger partial charge in [0, 0.05) is 33.7 Å². The van der Waals surface area contributed by atoms with Gasteiger partial charge >= 0.3 is 5.97 Å². The maximum Gasteiger partial charge on any atom is 0.338 e. The van der Waals surface area contributed by atoms with E-state index in [1.165, 1.54) is 43.9 Å². The number of morpholine rings is 1. The quantitative estimate of drug-likeness (QED) is 0.640. The highest BCUT2D eigenvalue weighted by atomic mass is 32.2. The fourth-order valence-electron chi connectivity index (χ4n) is 3.09. The van der Waals surface area contributed by atoms with Crippen LogP contribution in [0.25, 0.3) is 0 Å². The molecule has 0 aliphatic carbocycles. The van der Waals surface area contributed by atoms with E-state index in [9.17, 15) is 13.2 Å². The Hall–Kier alpha value is -2.26. The third-order valence-corrected chi connectivity index (χ3v) is 6.57. The first-order chi connectivity index (χ1) is 13.9. The maximum absolute atomic E-state index is 12.3. The Balaban J connectivity index is 1.52. The Morgan fingerprint density at radius 2 is 1.83 bits per heavy atom. The molecule has 1 fully saturated rings. The van der Waals surface area contributed by atoms with Gasteiger partial charge < -0.3 is 9.47 Å². The van der Waals surface area contributed by atoms with Crippen molar-refractivity contribution in [3.05, 3.63) is 65.7 Å². The molecule has 156 valence electrons. The zero-order chi connectivity index (χ0) is 20.9. The second-order valence-corrected chi connectivity index (χ2v) is 9.28. The standard InChI is InChI=1S/C21H26N2O5S/c1-22(2)29(25,26)20-10-8-18(9-11-20)21(24)28-16-19-15-23(12-13-27-19)14-17-6-4-3-5-7-17/h3-11,19H,12-16H2,1-2H3. The lowest BCUT2D eigenvalue weighted by atomic mass is 10.2. The average Bonchev–Trinajstić information content (AvgIpc) is 2.73. The van der Waals surface area contributed by atoms with Crippen molar-refractivity contribution in [2.45, 2.75) is 17.5 Å². The zero-order valence-corrected chi connectivity index (χ0v) is 17.5. The fourth-order valence-corrected chi connectivity index (χ4v) is 3.99. The molecule has 0 bridgehead atoms. The van der Waals surface area contributed by atoms with Crippen LogP contribution in [0.2, 0.25) is 0 Å². The van der Waals surface area contributed by atoms with Crippen molar-refractivity contribution >= 4 is 16.0 Å². The minimum absolute atomic E-state index is 0.131. The predicted molar refractivity (Wildman–Crippen MR) is 109 cm³/mol. The van der Waals surface area contributed by atoms with Gasteiger partial charge in [-0.25, -0.2) is 17.5 Å². The third-order valence-electron chi connectivity index (χ3n) is 4.74. The first kappa shape index (κ1) is 21.4. The van der Waals surface area contributed by atoms with Crippen molar-refractivity contribution in [3.63, 3.8) is 0 Å². The van der Waals surface area contributed by atoms with Crippen LogP contribution in [0.4, 0.5) is 0 Å². The number of benzene rings is 2. The molecule has 1 atom stereocenters. The molecule has 7 nitrogen and oxygen atoms in total. The van der Waals surface area contributed by atoms with E-state index in [0.29, 0.717) is 18.7 Å². The van der Waals surface area contributed by atoms with Crippen LogP contribution in [0.15, 0.2) is 59.5 Å². The molecule has 0 spiro atoms. The first-order valence-corrected chi connectivity index (χ1v) is 10.9. The molecule has 1 unspecified atom stereocenters. The van der Waals surface area contributed by atoms with Gasteiger partial charge in [-0.05, 0) is 29.8 Å². The molecule has 0 radical (unpaired) electrons. The Morgan fingerprint density at radius 3 is 2.48 bits per heavy atom. The summed E-state index contributed by atoms with van der Waals surface area (Å²) in [6.07, 6.45) is -0.190. The zero-order valence-electron chi connectivity index (χ0n) is 16.7. The van der Waals surface area contributed by atoms with Crippen molar-refractivity contribution < 1.29 is 22.7 Å². The first-order valence-electron chi connectivity index (χ1n) is 9.44. The molecule has 0 saturated carbocycles. The van der Waals surface area contributed by atoms with Crippen LogP contribution in [-0.2, 0) is 26.0 Å².